The van der Waals surface area contributed by atoms with Gasteiger partial charge in [0.2, 0.25) is 0 Å². The number of rotatable bonds is 8. The van der Waals surface area contributed by atoms with E-state index >= 15 is 0 Å². The number of aromatic hydroxyl groups is 1. The van der Waals surface area contributed by atoms with Gasteiger partial charge >= 0.3 is 0 Å². The Morgan fingerprint density at radius 1 is 0.967 bits per heavy atom. The Morgan fingerprint density at radius 3 is 2.53 bits per heavy atom. The van der Waals surface area contributed by atoms with E-state index in [1.165, 1.54) is 5.56 Å². The largest absolute Gasteiger partial charge is 0.508 e. The number of methoxy groups -OCH3 is 1. The fourth-order valence-corrected chi connectivity index (χ4v) is 3.38. The van der Waals surface area contributed by atoms with Gasteiger partial charge in [0, 0.05) is 23.9 Å². The highest BCUT2D eigenvalue weighted by atomic mass is 16.5. The molecule has 4 rings (SSSR count). The van der Waals surface area contributed by atoms with E-state index in [9.17, 15) is 5.11 Å². The number of benzene rings is 3. The van der Waals surface area contributed by atoms with Gasteiger partial charge < -0.3 is 15.2 Å². The lowest BCUT2D eigenvalue weighted by molar-refractivity contribution is 0.415. The van der Waals surface area contributed by atoms with Crippen molar-refractivity contribution in [1.29, 1.82) is 0 Å². The summed E-state index contributed by atoms with van der Waals surface area (Å²) in [7, 11) is 1.67. The summed E-state index contributed by atoms with van der Waals surface area (Å²) in [4.78, 5) is 0. The molecule has 30 heavy (non-hydrogen) atoms. The zero-order valence-electron chi connectivity index (χ0n) is 17.0. The van der Waals surface area contributed by atoms with E-state index in [2.05, 4.69) is 17.6 Å². The minimum absolute atomic E-state index is 0.294. The summed E-state index contributed by atoms with van der Waals surface area (Å²) in [5.41, 5.74) is 5.30. The number of hydrogen-bond acceptors (Lipinski definition) is 4. The summed E-state index contributed by atoms with van der Waals surface area (Å²) < 4.78 is 7.32. The molecule has 0 radical (unpaired) electrons. The van der Waals surface area contributed by atoms with E-state index in [4.69, 9.17) is 9.84 Å². The fourth-order valence-electron chi connectivity index (χ4n) is 3.38. The minimum Gasteiger partial charge on any atom is -0.508 e. The van der Waals surface area contributed by atoms with Crippen LogP contribution in [-0.2, 0) is 13.0 Å². The normalized spacial score (nSPS) is 10.8. The zero-order chi connectivity index (χ0) is 20.8. The second-order valence-corrected chi connectivity index (χ2v) is 7.11. The molecule has 1 heterocycles. The Labute approximate surface area is 176 Å². The maximum absolute atomic E-state index is 9.42. The van der Waals surface area contributed by atoms with Crippen molar-refractivity contribution in [3.8, 4) is 28.4 Å². The van der Waals surface area contributed by atoms with Crippen molar-refractivity contribution in [1.82, 2.24) is 15.1 Å². The monoisotopic (exact) mass is 399 g/mol. The fraction of sp³-hybridized carbons (Fsp3) is 0.160. The van der Waals surface area contributed by atoms with Crippen LogP contribution in [0.3, 0.4) is 0 Å². The maximum atomic E-state index is 9.42. The van der Waals surface area contributed by atoms with Gasteiger partial charge in [-0.2, -0.15) is 5.10 Å². The van der Waals surface area contributed by atoms with E-state index in [0.29, 0.717) is 12.3 Å². The smallest absolute Gasteiger partial charge is 0.119 e. The first-order valence-electron chi connectivity index (χ1n) is 10.00. The van der Waals surface area contributed by atoms with Crippen LogP contribution in [0, 0.1) is 0 Å². The molecule has 2 N–H and O–H groups in total. The molecule has 0 fully saturated rings. The van der Waals surface area contributed by atoms with Gasteiger partial charge in [-0.3, -0.25) is 0 Å². The van der Waals surface area contributed by atoms with Crippen LogP contribution >= 0.6 is 0 Å². The number of phenols is 1. The van der Waals surface area contributed by atoms with E-state index in [1.807, 2.05) is 65.3 Å². The Bertz CT molecular complexity index is 1090. The first-order valence-corrected chi connectivity index (χ1v) is 10.00. The van der Waals surface area contributed by atoms with Crippen molar-refractivity contribution < 1.29 is 9.84 Å². The van der Waals surface area contributed by atoms with E-state index < -0.39 is 0 Å². The molecule has 4 aromatic rings. The van der Waals surface area contributed by atoms with Gasteiger partial charge in [-0.05, 0) is 54.9 Å². The van der Waals surface area contributed by atoms with Gasteiger partial charge in [-0.15, -0.1) is 0 Å². The molecule has 0 aliphatic carbocycles. The van der Waals surface area contributed by atoms with Gasteiger partial charge in [0.1, 0.15) is 11.5 Å². The average Bonchev–Trinajstić information content (AvgIpc) is 3.23. The van der Waals surface area contributed by atoms with Crippen molar-refractivity contribution in [2.24, 2.45) is 0 Å². The zero-order valence-corrected chi connectivity index (χ0v) is 17.0. The molecule has 0 saturated heterocycles. The molecule has 5 nitrogen and oxygen atoms in total. The molecule has 0 aliphatic rings. The van der Waals surface area contributed by atoms with Crippen molar-refractivity contribution >= 4 is 0 Å². The molecule has 1 aromatic heterocycles. The first-order chi connectivity index (χ1) is 14.7. The van der Waals surface area contributed by atoms with Gasteiger partial charge in [0.15, 0.2) is 0 Å². The average molecular weight is 399 g/mol. The molecule has 3 aromatic carbocycles. The van der Waals surface area contributed by atoms with Crippen molar-refractivity contribution in [3.05, 3.63) is 96.2 Å². The number of para-hydroxylation sites is 1. The number of nitrogens with zero attached hydrogens (tertiary/aromatic N) is 2. The number of ether oxygens (including phenoxy) is 1. The topological polar surface area (TPSA) is 59.3 Å². The molecule has 152 valence electrons. The van der Waals surface area contributed by atoms with Gasteiger partial charge in [0.25, 0.3) is 0 Å². The van der Waals surface area contributed by atoms with Crippen molar-refractivity contribution in [3.63, 3.8) is 0 Å². The molecular weight excluding hydrogens is 374 g/mol. The molecule has 0 unspecified atom stereocenters. The van der Waals surface area contributed by atoms with Crippen LogP contribution in [0.4, 0.5) is 0 Å². The highest BCUT2D eigenvalue weighted by Crippen LogP contribution is 2.27. The molecule has 0 amide bonds. The second kappa shape index (κ2) is 9.29. The Balaban J connectivity index is 1.54. The highest BCUT2D eigenvalue weighted by Gasteiger charge is 2.13. The Hall–Kier alpha value is -3.57. The third-order valence-electron chi connectivity index (χ3n) is 5.00. The van der Waals surface area contributed by atoms with Gasteiger partial charge in [-0.25, -0.2) is 4.68 Å². The number of nitrogens with one attached hydrogen (secondary N) is 1. The molecule has 0 atom stereocenters. The molecule has 0 aliphatic heterocycles. The minimum atomic E-state index is 0.294. The third-order valence-corrected chi connectivity index (χ3v) is 5.00. The van der Waals surface area contributed by atoms with E-state index in [-0.39, 0.29) is 0 Å². The number of phenolic OH excluding ortho intramolecular Hbond substituents is 1. The summed E-state index contributed by atoms with van der Waals surface area (Å²) >= 11 is 0. The summed E-state index contributed by atoms with van der Waals surface area (Å²) in [6.45, 7) is 1.54. The lowest BCUT2D eigenvalue weighted by atomic mass is 10.1. The van der Waals surface area contributed by atoms with Crippen LogP contribution in [0.25, 0.3) is 16.9 Å². The van der Waals surface area contributed by atoms with Gasteiger partial charge in [0.05, 0.1) is 18.5 Å². The van der Waals surface area contributed by atoms with Crippen molar-refractivity contribution in [2.45, 2.75) is 13.0 Å². The standard InChI is InChI=1S/C25H25N3O2/c1-30-24-9-5-6-20(16-24)25-21(18-28(27-25)22-7-3-2-4-8-22)17-26-15-14-19-10-12-23(29)13-11-19/h2-13,16,18,26,29H,14-15,17H2,1H3. The number of hydrogen-bond donors (Lipinski definition) is 2. The van der Waals surface area contributed by atoms with Crippen LogP contribution in [-0.4, -0.2) is 28.5 Å². The lowest BCUT2D eigenvalue weighted by Gasteiger charge is -2.07. The molecule has 0 saturated carbocycles. The van der Waals surface area contributed by atoms with Crippen LogP contribution in [0.15, 0.2) is 85.1 Å². The van der Waals surface area contributed by atoms with Crippen molar-refractivity contribution in [2.75, 3.05) is 13.7 Å². The number of aromatic nitrogens is 2. The molecule has 5 heteroatoms. The SMILES string of the molecule is COc1cccc(-c2nn(-c3ccccc3)cc2CNCCc2ccc(O)cc2)c1. The first kappa shape index (κ1) is 19.7. The van der Waals surface area contributed by atoms with Crippen LogP contribution in [0.5, 0.6) is 11.5 Å². The Kier molecular flexibility index (Phi) is 6.11. The summed E-state index contributed by atoms with van der Waals surface area (Å²) in [5.74, 6) is 1.11. The molecule has 0 spiro atoms. The third kappa shape index (κ3) is 4.70. The quantitative estimate of drug-likeness (QED) is 0.426. The van der Waals surface area contributed by atoms with E-state index in [1.54, 1.807) is 19.2 Å². The Morgan fingerprint density at radius 2 is 1.77 bits per heavy atom. The maximum Gasteiger partial charge on any atom is 0.119 e. The van der Waals surface area contributed by atoms with Crippen LogP contribution in [0.1, 0.15) is 11.1 Å². The van der Waals surface area contributed by atoms with E-state index in [0.717, 1.165) is 41.2 Å². The lowest BCUT2D eigenvalue weighted by Crippen LogP contribution is -2.16. The van der Waals surface area contributed by atoms with Crippen LogP contribution < -0.4 is 10.1 Å². The summed E-state index contributed by atoms with van der Waals surface area (Å²) in [6.07, 6.45) is 2.97. The second-order valence-electron chi connectivity index (χ2n) is 7.11. The predicted octanol–water partition coefficient (Wildman–Crippen LogP) is 4.59. The van der Waals surface area contributed by atoms with Gasteiger partial charge in [-0.1, -0.05) is 42.5 Å². The predicted molar refractivity (Wildman–Crippen MR) is 119 cm³/mol. The molecule has 0 bridgehead atoms. The summed E-state index contributed by atoms with van der Waals surface area (Å²) in [5, 5.41) is 17.8. The highest BCUT2D eigenvalue weighted by molar-refractivity contribution is 5.65. The molecular formula is C25H25N3O2. The van der Waals surface area contributed by atoms with Crippen LogP contribution in [0.2, 0.25) is 0 Å². The summed E-state index contributed by atoms with van der Waals surface area (Å²) in [6, 6.07) is 25.5.